The Hall–Kier alpha value is -1.08. The molecule has 7 heteroatoms. The minimum Gasteiger partial charge on any atom is -0.368 e. The molecule has 0 spiro atoms. The van der Waals surface area contributed by atoms with Crippen molar-refractivity contribution in [2.45, 2.75) is 43.4 Å². The highest BCUT2D eigenvalue weighted by Gasteiger charge is 2.37. The molecule has 1 aliphatic rings. The van der Waals surface area contributed by atoms with Crippen LogP contribution in [0.4, 0.5) is 0 Å². The third-order valence-corrected chi connectivity index (χ3v) is 4.52. The number of thioether (sulfide) groups is 1. The van der Waals surface area contributed by atoms with Crippen LogP contribution in [-0.2, 0) is 11.8 Å². The zero-order valence-electron chi connectivity index (χ0n) is 10.9. The summed E-state index contributed by atoms with van der Waals surface area (Å²) in [7, 11) is 1.91. The monoisotopic (exact) mass is 269 g/mol. The van der Waals surface area contributed by atoms with E-state index in [1.54, 1.807) is 0 Å². The molecule has 2 rings (SSSR count). The van der Waals surface area contributed by atoms with Crippen LogP contribution in [0.3, 0.4) is 0 Å². The normalized spacial score (nSPS) is 18.6. The number of rotatable bonds is 6. The molecule has 1 fully saturated rings. The average Bonchev–Trinajstić information content (AvgIpc) is 3.05. The highest BCUT2D eigenvalue weighted by atomic mass is 32.2. The van der Waals surface area contributed by atoms with Crippen molar-refractivity contribution in [3.63, 3.8) is 0 Å². The van der Waals surface area contributed by atoms with Crippen LogP contribution in [0.15, 0.2) is 5.16 Å². The van der Waals surface area contributed by atoms with E-state index in [2.05, 4.69) is 15.5 Å². The average molecular weight is 269 g/mol. The quantitative estimate of drug-likeness (QED) is 0.721. The number of aryl methyl sites for hydroxylation is 1. The van der Waals surface area contributed by atoms with Crippen molar-refractivity contribution < 1.29 is 4.79 Å². The number of primary amides is 1. The predicted octanol–water partition coefficient (Wildman–Crippen LogP) is 0.212. The van der Waals surface area contributed by atoms with Crippen LogP contribution in [0.5, 0.6) is 0 Å². The Morgan fingerprint density at radius 2 is 2.28 bits per heavy atom. The summed E-state index contributed by atoms with van der Waals surface area (Å²) in [5.74, 6) is 1.10. The van der Waals surface area contributed by atoms with Gasteiger partial charge in [0.15, 0.2) is 5.16 Å². The van der Waals surface area contributed by atoms with Gasteiger partial charge in [-0.15, -0.1) is 10.2 Å². The second-order valence-corrected chi connectivity index (χ2v) is 5.93. The van der Waals surface area contributed by atoms with E-state index in [0.29, 0.717) is 11.8 Å². The molecular weight excluding hydrogens is 250 g/mol. The number of amides is 1. The molecule has 6 nitrogen and oxygen atoms in total. The molecule has 100 valence electrons. The largest absolute Gasteiger partial charge is 0.368 e. The van der Waals surface area contributed by atoms with Gasteiger partial charge in [-0.25, -0.2) is 0 Å². The molecule has 0 aromatic carbocycles. The Kier molecular flexibility index (Phi) is 3.63. The van der Waals surface area contributed by atoms with Crippen molar-refractivity contribution in [3.05, 3.63) is 5.82 Å². The van der Waals surface area contributed by atoms with Crippen LogP contribution < -0.4 is 11.1 Å². The summed E-state index contributed by atoms with van der Waals surface area (Å²) in [6.45, 7) is 3.75. The van der Waals surface area contributed by atoms with Crippen molar-refractivity contribution in [2.24, 2.45) is 12.8 Å². The lowest BCUT2D eigenvalue weighted by Gasteiger charge is -2.26. The van der Waals surface area contributed by atoms with Crippen LogP contribution in [0.25, 0.3) is 0 Å². The lowest BCUT2D eigenvalue weighted by molar-refractivity contribution is -0.123. The molecule has 1 unspecified atom stereocenters. The van der Waals surface area contributed by atoms with E-state index in [4.69, 9.17) is 5.73 Å². The first-order chi connectivity index (χ1) is 8.42. The third kappa shape index (κ3) is 2.84. The molecule has 0 saturated heterocycles. The fourth-order valence-electron chi connectivity index (χ4n) is 1.58. The topological polar surface area (TPSA) is 85.8 Å². The Morgan fingerprint density at radius 3 is 2.72 bits per heavy atom. The molecule has 1 atom stereocenters. The smallest absolute Gasteiger partial charge is 0.238 e. The third-order valence-electron chi connectivity index (χ3n) is 3.19. The van der Waals surface area contributed by atoms with Crippen molar-refractivity contribution in [2.75, 3.05) is 5.75 Å². The minimum absolute atomic E-state index is 0.319. The number of nitrogens with two attached hydrogens (primary N) is 1. The number of carbonyl (C=O) groups excluding carboxylic acids is 1. The van der Waals surface area contributed by atoms with Crippen LogP contribution in [-0.4, -0.2) is 38.0 Å². The van der Waals surface area contributed by atoms with Gasteiger partial charge in [-0.05, 0) is 26.7 Å². The molecule has 18 heavy (non-hydrogen) atoms. The van der Waals surface area contributed by atoms with E-state index in [1.165, 1.54) is 11.8 Å². The van der Waals surface area contributed by atoms with Crippen molar-refractivity contribution in [1.82, 2.24) is 20.1 Å². The number of nitrogens with zero attached hydrogens (tertiary/aromatic N) is 3. The SMILES string of the molecule is Cc1nnc(SCC(C)(NC2CC2)C(N)=O)n1C. The van der Waals surface area contributed by atoms with E-state index in [-0.39, 0.29) is 5.91 Å². The second kappa shape index (κ2) is 4.89. The first-order valence-electron chi connectivity index (χ1n) is 5.99. The Labute approximate surface area is 111 Å². The number of nitrogens with one attached hydrogen (secondary N) is 1. The van der Waals surface area contributed by atoms with Crippen LogP contribution >= 0.6 is 11.8 Å². The predicted molar refractivity (Wildman–Crippen MR) is 70.2 cm³/mol. The van der Waals surface area contributed by atoms with E-state index in [9.17, 15) is 4.79 Å². The minimum atomic E-state index is -0.689. The van der Waals surface area contributed by atoms with E-state index in [0.717, 1.165) is 23.8 Å². The Morgan fingerprint density at radius 1 is 1.61 bits per heavy atom. The van der Waals surface area contributed by atoms with Gasteiger partial charge in [0.25, 0.3) is 0 Å². The molecule has 1 heterocycles. The van der Waals surface area contributed by atoms with Gasteiger partial charge in [0.05, 0.1) is 0 Å². The lowest BCUT2D eigenvalue weighted by atomic mass is 10.1. The van der Waals surface area contributed by atoms with E-state index < -0.39 is 5.54 Å². The highest BCUT2D eigenvalue weighted by Crippen LogP contribution is 2.26. The lowest BCUT2D eigenvalue weighted by Crippen LogP contribution is -2.56. The molecule has 0 bridgehead atoms. The van der Waals surface area contributed by atoms with Gasteiger partial charge in [0.2, 0.25) is 5.91 Å². The van der Waals surface area contributed by atoms with Crippen LogP contribution in [0.2, 0.25) is 0 Å². The van der Waals surface area contributed by atoms with Crippen LogP contribution in [0, 0.1) is 6.92 Å². The summed E-state index contributed by atoms with van der Waals surface area (Å²) in [6.07, 6.45) is 2.24. The number of aromatic nitrogens is 3. The van der Waals surface area contributed by atoms with E-state index >= 15 is 0 Å². The summed E-state index contributed by atoms with van der Waals surface area (Å²) < 4.78 is 1.91. The van der Waals surface area contributed by atoms with Gasteiger partial charge >= 0.3 is 0 Å². The fourth-order valence-corrected chi connectivity index (χ4v) is 2.65. The first-order valence-corrected chi connectivity index (χ1v) is 6.97. The molecule has 1 aliphatic carbocycles. The summed E-state index contributed by atoms with van der Waals surface area (Å²) >= 11 is 1.50. The molecule has 1 aromatic heterocycles. The summed E-state index contributed by atoms with van der Waals surface area (Å²) in [5.41, 5.74) is 4.81. The molecular formula is C11H19N5OS. The number of hydrogen-bond acceptors (Lipinski definition) is 5. The van der Waals surface area contributed by atoms with Gasteiger partial charge in [-0.2, -0.15) is 0 Å². The summed E-state index contributed by atoms with van der Waals surface area (Å²) in [4.78, 5) is 11.6. The van der Waals surface area contributed by atoms with Crippen molar-refractivity contribution in [3.8, 4) is 0 Å². The van der Waals surface area contributed by atoms with Gasteiger partial charge < -0.3 is 15.6 Å². The Bertz CT molecular complexity index is 456. The van der Waals surface area contributed by atoms with E-state index in [1.807, 2.05) is 25.5 Å². The maximum Gasteiger partial charge on any atom is 0.238 e. The van der Waals surface area contributed by atoms with Crippen molar-refractivity contribution >= 4 is 17.7 Å². The zero-order chi connectivity index (χ0) is 13.3. The molecule has 0 radical (unpaired) electrons. The Balaban J connectivity index is 2.01. The maximum atomic E-state index is 11.6. The molecule has 1 aromatic rings. The van der Waals surface area contributed by atoms with Gasteiger partial charge in [0.1, 0.15) is 11.4 Å². The number of carbonyl (C=O) groups is 1. The molecule has 1 amide bonds. The standard InChI is InChI=1S/C11H19N5OS/c1-7-14-15-10(16(7)3)18-6-11(2,9(12)17)13-8-4-5-8/h8,13H,4-6H2,1-3H3,(H2,12,17). The van der Waals surface area contributed by atoms with Gasteiger partial charge in [-0.3, -0.25) is 4.79 Å². The maximum absolute atomic E-state index is 11.6. The van der Waals surface area contributed by atoms with Gasteiger partial charge in [0, 0.05) is 18.8 Å². The zero-order valence-corrected chi connectivity index (χ0v) is 11.8. The summed E-state index contributed by atoms with van der Waals surface area (Å²) in [6, 6.07) is 0.435. The number of hydrogen-bond donors (Lipinski definition) is 2. The summed E-state index contributed by atoms with van der Waals surface area (Å²) in [5, 5.41) is 12.2. The van der Waals surface area contributed by atoms with Crippen molar-refractivity contribution in [1.29, 1.82) is 0 Å². The second-order valence-electron chi connectivity index (χ2n) is 4.99. The van der Waals surface area contributed by atoms with Crippen LogP contribution in [0.1, 0.15) is 25.6 Å². The first kappa shape index (κ1) is 13.4. The molecule has 0 aliphatic heterocycles. The fraction of sp³-hybridized carbons (Fsp3) is 0.727. The highest BCUT2D eigenvalue weighted by molar-refractivity contribution is 7.99. The molecule has 3 N–H and O–H groups in total. The molecule has 1 saturated carbocycles. The van der Waals surface area contributed by atoms with Gasteiger partial charge in [-0.1, -0.05) is 11.8 Å².